The van der Waals surface area contributed by atoms with E-state index in [1.807, 2.05) is 6.92 Å². The van der Waals surface area contributed by atoms with E-state index in [-0.39, 0.29) is 23.4 Å². The summed E-state index contributed by atoms with van der Waals surface area (Å²) in [5.74, 6) is -2.74. The number of aromatic carboxylic acids is 1. The molecule has 160 valence electrons. The molecule has 2 aromatic heterocycles. The van der Waals surface area contributed by atoms with Gasteiger partial charge in [0.15, 0.2) is 0 Å². The van der Waals surface area contributed by atoms with E-state index in [0.717, 1.165) is 0 Å². The molecule has 0 fully saturated rings. The molecular formula is C22H20N2O7. The Morgan fingerprint density at radius 2 is 2.03 bits per heavy atom. The molecule has 0 spiro atoms. The summed E-state index contributed by atoms with van der Waals surface area (Å²) in [6.45, 7) is 1.81. The number of phenolic OH excluding ortho intramolecular Hbond substituents is 1. The van der Waals surface area contributed by atoms with E-state index in [1.54, 1.807) is 10.6 Å². The van der Waals surface area contributed by atoms with Gasteiger partial charge in [-0.05, 0) is 37.6 Å². The van der Waals surface area contributed by atoms with Crippen molar-refractivity contribution in [2.75, 3.05) is 7.11 Å². The van der Waals surface area contributed by atoms with Gasteiger partial charge in [0.05, 0.1) is 35.7 Å². The van der Waals surface area contributed by atoms with E-state index in [1.165, 1.54) is 31.6 Å². The van der Waals surface area contributed by atoms with Crippen LogP contribution in [-0.4, -0.2) is 50.0 Å². The molecule has 0 bridgehead atoms. The van der Waals surface area contributed by atoms with Crippen LogP contribution in [0.15, 0.2) is 36.1 Å². The maximum atomic E-state index is 12.4. The average molecular weight is 424 g/mol. The molecule has 0 aliphatic carbocycles. The number of methoxy groups -OCH3 is 1. The lowest BCUT2D eigenvalue weighted by atomic mass is 9.77. The monoisotopic (exact) mass is 424 g/mol. The lowest BCUT2D eigenvalue weighted by Crippen LogP contribution is -2.40. The number of aromatic nitrogens is 2. The van der Waals surface area contributed by atoms with Gasteiger partial charge in [-0.3, -0.25) is 0 Å². The number of rotatable bonds is 2. The fourth-order valence-corrected chi connectivity index (χ4v) is 4.95. The van der Waals surface area contributed by atoms with Crippen LogP contribution in [0, 0.1) is 11.8 Å². The number of aliphatic hydroxyl groups is 1. The van der Waals surface area contributed by atoms with E-state index in [4.69, 9.17) is 9.47 Å². The molecular weight excluding hydrogens is 404 g/mol. The standard InChI is InChI=1S/C22H20N2O7/c1-9-18-12(14(8-31-9)22(29)30-2)6-15-19-13(7-16(23-15)21(27)28)11-5-10(25)3-4-17(11)24(19)20(18)26/h3-5,7-9,12,18,20,25-26H,6H2,1-2H3,(H,27,28)/t9-,12+,18-,20-/m1/s1. The second-order valence-corrected chi connectivity index (χ2v) is 7.93. The van der Waals surface area contributed by atoms with Crippen LogP contribution in [0.1, 0.15) is 29.3 Å². The van der Waals surface area contributed by atoms with Crippen molar-refractivity contribution in [2.24, 2.45) is 11.8 Å². The first kappa shape index (κ1) is 19.4. The minimum absolute atomic E-state index is 0.0245. The smallest absolute Gasteiger partial charge is 0.354 e. The van der Waals surface area contributed by atoms with Gasteiger partial charge in [-0.25, -0.2) is 14.6 Å². The molecule has 4 heterocycles. The number of phenols is 1. The number of carboxylic acids is 1. The molecule has 3 N–H and O–H groups in total. The third-order valence-corrected chi connectivity index (χ3v) is 6.31. The predicted octanol–water partition coefficient (Wildman–Crippen LogP) is 2.35. The first-order valence-electron chi connectivity index (χ1n) is 9.83. The van der Waals surface area contributed by atoms with Crippen molar-refractivity contribution < 1.29 is 34.4 Å². The van der Waals surface area contributed by atoms with Crippen LogP contribution in [-0.2, 0) is 20.7 Å². The average Bonchev–Trinajstić information content (AvgIpc) is 2.99. The molecule has 1 aromatic carbocycles. The summed E-state index contributed by atoms with van der Waals surface area (Å²) in [6.07, 6.45) is 0.0679. The molecule has 2 aliphatic rings. The van der Waals surface area contributed by atoms with Crippen LogP contribution in [0.25, 0.3) is 21.8 Å². The molecule has 9 heteroatoms. The Balaban J connectivity index is 1.86. The van der Waals surface area contributed by atoms with Crippen molar-refractivity contribution >= 4 is 33.7 Å². The molecule has 0 saturated heterocycles. The van der Waals surface area contributed by atoms with E-state index in [9.17, 15) is 24.9 Å². The number of carboxylic acid groups (broad SMARTS) is 1. The minimum atomic E-state index is -1.19. The van der Waals surface area contributed by atoms with Crippen LogP contribution in [0.2, 0.25) is 0 Å². The number of nitrogens with zero attached hydrogens (tertiary/aromatic N) is 2. The summed E-state index contributed by atoms with van der Waals surface area (Å²) < 4.78 is 12.3. The summed E-state index contributed by atoms with van der Waals surface area (Å²) in [7, 11) is 1.27. The lowest BCUT2D eigenvalue weighted by molar-refractivity contribution is -0.139. The number of carbonyl (C=O) groups excluding carboxylic acids is 1. The van der Waals surface area contributed by atoms with Crippen LogP contribution < -0.4 is 0 Å². The number of fused-ring (bicyclic) bond motifs is 4. The highest BCUT2D eigenvalue weighted by molar-refractivity contribution is 6.11. The van der Waals surface area contributed by atoms with Gasteiger partial charge in [0.1, 0.15) is 23.8 Å². The van der Waals surface area contributed by atoms with Gasteiger partial charge in [0.2, 0.25) is 0 Å². The molecule has 5 rings (SSSR count). The molecule has 0 saturated carbocycles. The van der Waals surface area contributed by atoms with Crippen molar-refractivity contribution in [2.45, 2.75) is 25.7 Å². The summed E-state index contributed by atoms with van der Waals surface area (Å²) >= 11 is 0. The lowest BCUT2D eigenvalue weighted by Gasteiger charge is -2.37. The third-order valence-electron chi connectivity index (χ3n) is 6.31. The van der Waals surface area contributed by atoms with Crippen LogP contribution in [0.3, 0.4) is 0 Å². The summed E-state index contributed by atoms with van der Waals surface area (Å²) in [5.41, 5.74) is 1.76. The Kier molecular flexibility index (Phi) is 4.19. The normalized spacial score (nSPS) is 24.8. The summed E-state index contributed by atoms with van der Waals surface area (Å²) in [5, 5.41) is 32.3. The number of hydrogen-bond donors (Lipinski definition) is 3. The van der Waals surface area contributed by atoms with Crippen molar-refractivity contribution in [3.63, 3.8) is 0 Å². The highest BCUT2D eigenvalue weighted by atomic mass is 16.5. The summed E-state index contributed by atoms with van der Waals surface area (Å²) in [6, 6.07) is 6.16. The molecule has 0 radical (unpaired) electrons. The Hall–Kier alpha value is -3.59. The Morgan fingerprint density at radius 1 is 1.26 bits per heavy atom. The SMILES string of the molecule is COC(=O)C1=CO[C@H](C)[C@H]2[C@@H](O)n3c4ccc(O)cc4c4cc(C(=O)O)nc(c43)C[C@@H]12. The molecule has 31 heavy (non-hydrogen) atoms. The fourth-order valence-electron chi connectivity index (χ4n) is 4.95. The van der Waals surface area contributed by atoms with Crippen LogP contribution in [0.4, 0.5) is 0 Å². The molecule has 9 nitrogen and oxygen atoms in total. The first-order chi connectivity index (χ1) is 14.8. The van der Waals surface area contributed by atoms with E-state index >= 15 is 0 Å². The Bertz CT molecular complexity index is 1290. The van der Waals surface area contributed by atoms with Gasteiger partial charge >= 0.3 is 11.9 Å². The van der Waals surface area contributed by atoms with E-state index < -0.39 is 36.1 Å². The highest BCUT2D eigenvalue weighted by Crippen LogP contribution is 2.46. The van der Waals surface area contributed by atoms with E-state index in [0.29, 0.717) is 27.5 Å². The van der Waals surface area contributed by atoms with Crippen molar-refractivity contribution in [1.82, 2.24) is 9.55 Å². The van der Waals surface area contributed by atoms with Gasteiger partial charge in [-0.15, -0.1) is 0 Å². The number of hydrogen-bond acceptors (Lipinski definition) is 7. The minimum Gasteiger partial charge on any atom is -0.508 e. The van der Waals surface area contributed by atoms with Gasteiger partial charge in [-0.2, -0.15) is 0 Å². The second kappa shape index (κ2) is 6.71. The largest absolute Gasteiger partial charge is 0.508 e. The number of esters is 1. The summed E-state index contributed by atoms with van der Waals surface area (Å²) in [4.78, 5) is 28.6. The van der Waals surface area contributed by atoms with Gasteiger partial charge in [0, 0.05) is 22.6 Å². The van der Waals surface area contributed by atoms with Crippen molar-refractivity contribution in [3.8, 4) is 5.75 Å². The second-order valence-electron chi connectivity index (χ2n) is 7.93. The highest BCUT2D eigenvalue weighted by Gasteiger charge is 2.45. The number of benzene rings is 1. The maximum absolute atomic E-state index is 12.4. The van der Waals surface area contributed by atoms with Gasteiger partial charge in [-0.1, -0.05) is 0 Å². The Morgan fingerprint density at radius 3 is 2.74 bits per heavy atom. The molecule has 0 amide bonds. The maximum Gasteiger partial charge on any atom is 0.354 e. The Labute approximate surface area is 176 Å². The van der Waals surface area contributed by atoms with Gasteiger partial charge in [0.25, 0.3) is 0 Å². The number of aromatic hydroxyl groups is 1. The topological polar surface area (TPSA) is 131 Å². The number of ether oxygens (including phenoxy) is 2. The molecule has 2 aliphatic heterocycles. The zero-order valence-electron chi connectivity index (χ0n) is 16.8. The zero-order chi connectivity index (χ0) is 22.0. The fraction of sp³-hybridized carbons (Fsp3) is 0.318. The number of pyridine rings is 1. The number of aliphatic hydroxyl groups excluding tert-OH is 1. The van der Waals surface area contributed by atoms with Crippen LogP contribution in [0.5, 0.6) is 5.75 Å². The molecule has 0 unspecified atom stereocenters. The zero-order valence-corrected chi connectivity index (χ0v) is 16.8. The van der Waals surface area contributed by atoms with Crippen molar-refractivity contribution in [1.29, 1.82) is 0 Å². The van der Waals surface area contributed by atoms with Gasteiger partial charge < -0.3 is 29.4 Å². The van der Waals surface area contributed by atoms with Crippen molar-refractivity contribution in [3.05, 3.63) is 47.5 Å². The third kappa shape index (κ3) is 2.70. The quantitative estimate of drug-likeness (QED) is 0.534. The van der Waals surface area contributed by atoms with Crippen LogP contribution >= 0.6 is 0 Å². The predicted molar refractivity (Wildman–Crippen MR) is 108 cm³/mol. The first-order valence-corrected chi connectivity index (χ1v) is 9.83. The number of carbonyl (C=O) groups is 2. The molecule has 3 aromatic rings. The van der Waals surface area contributed by atoms with E-state index in [2.05, 4.69) is 4.98 Å². The molecule has 4 atom stereocenters.